The third-order valence-corrected chi connectivity index (χ3v) is 3.26. The molecule has 1 saturated carbocycles. The largest absolute Gasteiger partial charge is 0.466 e. The first-order valence-corrected chi connectivity index (χ1v) is 6.43. The second-order valence-electron chi connectivity index (χ2n) is 4.60. The highest BCUT2D eigenvalue weighted by atomic mass is 16.5. The molecule has 0 bridgehead atoms. The van der Waals surface area contributed by atoms with Gasteiger partial charge >= 0.3 is 5.97 Å². The molecule has 0 aromatic carbocycles. The monoisotopic (exact) mass is 212 g/mol. The smallest absolute Gasteiger partial charge is 0.305 e. The van der Waals surface area contributed by atoms with Crippen LogP contribution < -0.4 is 0 Å². The van der Waals surface area contributed by atoms with Gasteiger partial charge in [0.25, 0.3) is 0 Å². The molecular formula is C13H24O2. The summed E-state index contributed by atoms with van der Waals surface area (Å²) < 4.78 is 4.90. The Hall–Kier alpha value is -0.530. The quantitative estimate of drug-likeness (QED) is 0.575. The van der Waals surface area contributed by atoms with Crippen LogP contribution in [0.15, 0.2) is 0 Å². The van der Waals surface area contributed by atoms with Gasteiger partial charge in [0.15, 0.2) is 0 Å². The van der Waals surface area contributed by atoms with E-state index in [1.807, 2.05) is 6.92 Å². The average Bonchev–Trinajstić information content (AvgIpc) is 2.94. The van der Waals surface area contributed by atoms with E-state index in [1.165, 1.54) is 32.1 Å². The minimum atomic E-state index is -0.0248. The van der Waals surface area contributed by atoms with E-state index in [-0.39, 0.29) is 5.97 Å². The molecule has 0 amide bonds. The molecule has 0 aliphatic heterocycles. The van der Waals surface area contributed by atoms with Gasteiger partial charge in [-0.1, -0.05) is 26.2 Å². The molecule has 0 heterocycles. The summed E-state index contributed by atoms with van der Waals surface area (Å²) in [6.45, 7) is 4.62. The molecule has 0 aromatic heterocycles. The summed E-state index contributed by atoms with van der Waals surface area (Å²) >= 11 is 0. The van der Waals surface area contributed by atoms with Crippen molar-refractivity contribution in [3.8, 4) is 0 Å². The van der Waals surface area contributed by atoms with Crippen LogP contribution in [0.2, 0.25) is 0 Å². The molecule has 0 radical (unpaired) electrons. The fourth-order valence-electron chi connectivity index (χ4n) is 2.23. The Labute approximate surface area is 93.4 Å². The predicted octanol–water partition coefficient (Wildman–Crippen LogP) is 3.55. The zero-order valence-electron chi connectivity index (χ0n) is 10.1. The molecule has 0 unspecified atom stereocenters. The molecule has 0 saturated heterocycles. The first kappa shape index (κ1) is 12.5. The Morgan fingerprint density at radius 3 is 2.47 bits per heavy atom. The highest BCUT2D eigenvalue weighted by molar-refractivity contribution is 5.69. The minimum absolute atomic E-state index is 0.0248. The molecular weight excluding hydrogens is 188 g/mol. The van der Waals surface area contributed by atoms with Gasteiger partial charge in [0, 0.05) is 6.42 Å². The van der Waals surface area contributed by atoms with E-state index in [0.29, 0.717) is 13.0 Å². The topological polar surface area (TPSA) is 26.3 Å². The summed E-state index contributed by atoms with van der Waals surface area (Å²) in [5.74, 6) is 1.88. The number of carbonyl (C=O) groups excluding carboxylic acids is 1. The predicted molar refractivity (Wildman–Crippen MR) is 61.6 cm³/mol. The van der Waals surface area contributed by atoms with E-state index < -0.39 is 0 Å². The zero-order chi connectivity index (χ0) is 11.1. The highest BCUT2D eigenvalue weighted by Gasteiger charge is 2.35. The van der Waals surface area contributed by atoms with Gasteiger partial charge < -0.3 is 4.74 Å². The van der Waals surface area contributed by atoms with Crippen molar-refractivity contribution in [1.82, 2.24) is 0 Å². The summed E-state index contributed by atoms with van der Waals surface area (Å²) in [6, 6.07) is 0. The molecule has 2 heteroatoms. The number of ether oxygens (including phenoxy) is 1. The second-order valence-corrected chi connectivity index (χ2v) is 4.60. The lowest BCUT2D eigenvalue weighted by atomic mass is 10.1. The van der Waals surface area contributed by atoms with Crippen LogP contribution in [0.4, 0.5) is 0 Å². The SMILES string of the molecule is CCCC[C@@H]1C[C@@H]1CCCC(=O)OCC. The lowest BCUT2D eigenvalue weighted by molar-refractivity contribution is -0.143. The van der Waals surface area contributed by atoms with Crippen LogP contribution in [0.5, 0.6) is 0 Å². The molecule has 0 aromatic rings. The van der Waals surface area contributed by atoms with Gasteiger partial charge in [-0.25, -0.2) is 0 Å². The molecule has 2 nitrogen and oxygen atoms in total. The van der Waals surface area contributed by atoms with Crippen LogP contribution >= 0.6 is 0 Å². The summed E-state index contributed by atoms with van der Waals surface area (Å²) in [4.78, 5) is 11.1. The van der Waals surface area contributed by atoms with Crippen molar-refractivity contribution >= 4 is 5.97 Å². The lowest BCUT2D eigenvalue weighted by Crippen LogP contribution is -2.03. The fourth-order valence-corrected chi connectivity index (χ4v) is 2.23. The van der Waals surface area contributed by atoms with E-state index in [4.69, 9.17) is 4.74 Å². The average molecular weight is 212 g/mol. The zero-order valence-corrected chi connectivity index (χ0v) is 10.1. The van der Waals surface area contributed by atoms with Crippen LogP contribution in [0.1, 0.15) is 58.8 Å². The van der Waals surface area contributed by atoms with Gasteiger partial charge in [-0.15, -0.1) is 0 Å². The summed E-state index contributed by atoms with van der Waals surface area (Å²) in [5.41, 5.74) is 0. The number of esters is 1. The normalized spacial score (nSPS) is 23.9. The van der Waals surface area contributed by atoms with Crippen molar-refractivity contribution in [2.24, 2.45) is 11.8 Å². The Morgan fingerprint density at radius 2 is 1.87 bits per heavy atom. The van der Waals surface area contributed by atoms with Crippen LogP contribution in [-0.2, 0) is 9.53 Å². The van der Waals surface area contributed by atoms with E-state index in [0.717, 1.165) is 18.3 Å². The van der Waals surface area contributed by atoms with Gasteiger partial charge in [0.05, 0.1) is 6.61 Å². The van der Waals surface area contributed by atoms with Crippen LogP contribution in [0.3, 0.4) is 0 Å². The van der Waals surface area contributed by atoms with Crippen LogP contribution in [0.25, 0.3) is 0 Å². The van der Waals surface area contributed by atoms with Gasteiger partial charge in [-0.3, -0.25) is 4.79 Å². The van der Waals surface area contributed by atoms with Gasteiger partial charge in [0.2, 0.25) is 0 Å². The Morgan fingerprint density at radius 1 is 1.20 bits per heavy atom. The standard InChI is InChI=1S/C13H24O2/c1-3-5-7-11-10-12(11)8-6-9-13(14)15-4-2/h11-12H,3-10H2,1-2H3/t11-,12+/m1/s1. The van der Waals surface area contributed by atoms with E-state index in [2.05, 4.69) is 6.92 Å². The Kier molecular flexibility index (Phi) is 5.74. The maximum absolute atomic E-state index is 11.1. The molecule has 1 aliphatic carbocycles. The fraction of sp³-hybridized carbons (Fsp3) is 0.923. The van der Waals surface area contributed by atoms with Crippen molar-refractivity contribution < 1.29 is 9.53 Å². The molecule has 0 spiro atoms. The number of carbonyl (C=O) groups is 1. The number of hydrogen-bond donors (Lipinski definition) is 0. The van der Waals surface area contributed by atoms with Crippen LogP contribution in [0, 0.1) is 11.8 Å². The van der Waals surface area contributed by atoms with Gasteiger partial charge in [0.1, 0.15) is 0 Å². The number of hydrogen-bond acceptors (Lipinski definition) is 2. The summed E-state index contributed by atoms with van der Waals surface area (Å²) in [7, 11) is 0. The highest BCUT2D eigenvalue weighted by Crippen LogP contribution is 2.45. The molecule has 1 fully saturated rings. The maximum atomic E-state index is 11.1. The first-order valence-electron chi connectivity index (χ1n) is 6.43. The molecule has 1 aliphatic rings. The third kappa shape index (κ3) is 5.19. The van der Waals surface area contributed by atoms with Crippen molar-refractivity contribution in [2.75, 3.05) is 6.61 Å². The second kappa shape index (κ2) is 6.86. The van der Waals surface area contributed by atoms with Crippen molar-refractivity contribution in [1.29, 1.82) is 0 Å². The van der Waals surface area contributed by atoms with E-state index >= 15 is 0 Å². The van der Waals surface area contributed by atoms with E-state index in [1.54, 1.807) is 0 Å². The van der Waals surface area contributed by atoms with E-state index in [9.17, 15) is 4.79 Å². The molecule has 1 rings (SSSR count). The Bertz CT molecular complexity index is 189. The number of rotatable bonds is 8. The van der Waals surface area contributed by atoms with Crippen molar-refractivity contribution in [3.05, 3.63) is 0 Å². The first-order chi connectivity index (χ1) is 7.27. The van der Waals surface area contributed by atoms with Gasteiger partial charge in [-0.05, 0) is 38.0 Å². The van der Waals surface area contributed by atoms with Gasteiger partial charge in [-0.2, -0.15) is 0 Å². The molecule has 2 atom stereocenters. The number of unbranched alkanes of at least 4 members (excludes halogenated alkanes) is 1. The minimum Gasteiger partial charge on any atom is -0.466 e. The van der Waals surface area contributed by atoms with Crippen LogP contribution in [-0.4, -0.2) is 12.6 Å². The Balaban J connectivity index is 1.92. The lowest BCUT2D eigenvalue weighted by Gasteiger charge is -2.01. The summed E-state index contributed by atoms with van der Waals surface area (Å²) in [5, 5.41) is 0. The van der Waals surface area contributed by atoms with Crippen molar-refractivity contribution in [3.63, 3.8) is 0 Å². The molecule has 0 N–H and O–H groups in total. The molecule has 88 valence electrons. The summed E-state index contributed by atoms with van der Waals surface area (Å²) in [6.07, 6.45) is 8.36. The third-order valence-electron chi connectivity index (χ3n) is 3.26. The molecule has 15 heavy (non-hydrogen) atoms. The maximum Gasteiger partial charge on any atom is 0.305 e. The van der Waals surface area contributed by atoms with Crippen molar-refractivity contribution in [2.45, 2.75) is 58.8 Å².